The third kappa shape index (κ3) is 3.85. The van der Waals surface area contributed by atoms with Gasteiger partial charge in [-0.25, -0.2) is 0 Å². The van der Waals surface area contributed by atoms with Crippen LogP contribution in [0.1, 0.15) is 58.7 Å². The van der Waals surface area contributed by atoms with E-state index >= 15 is 0 Å². The van der Waals surface area contributed by atoms with Gasteiger partial charge >= 0.3 is 0 Å². The minimum atomic E-state index is -0.00727. The van der Waals surface area contributed by atoms with Gasteiger partial charge in [-0.05, 0) is 50.1 Å². The molecule has 0 fully saturated rings. The van der Waals surface area contributed by atoms with Crippen molar-refractivity contribution in [3.8, 4) is 0 Å². The van der Waals surface area contributed by atoms with Gasteiger partial charge in [-0.1, -0.05) is 37.3 Å². The first-order chi connectivity index (χ1) is 12.6. The fourth-order valence-electron chi connectivity index (χ4n) is 3.24. The number of hydrogen-bond donors (Lipinski definition) is 2. The van der Waals surface area contributed by atoms with Gasteiger partial charge in [0.1, 0.15) is 0 Å². The third-order valence-corrected chi connectivity index (χ3v) is 4.60. The molecule has 134 valence electrons. The Labute approximate surface area is 154 Å². The lowest BCUT2D eigenvalue weighted by atomic mass is 9.96. The zero-order chi connectivity index (χ0) is 18.5. The average molecular weight is 347 g/mol. The number of ketones is 1. The molecule has 2 N–H and O–H groups in total. The van der Waals surface area contributed by atoms with E-state index < -0.39 is 0 Å². The van der Waals surface area contributed by atoms with E-state index in [1.165, 1.54) is 5.56 Å². The van der Waals surface area contributed by atoms with E-state index in [0.717, 1.165) is 34.6 Å². The van der Waals surface area contributed by atoms with Crippen LogP contribution in [0.2, 0.25) is 0 Å². The molecule has 0 aliphatic rings. The van der Waals surface area contributed by atoms with Gasteiger partial charge in [0.2, 0.25) is 0 Å². The Kier molecular flexibility index (Phi) is 5.52. The second-order valence-corrected chi connectivity index (χ2v) is 6.59. The Balaban J connectivity index is 1.91. The number of rotatable bonds is 7. The highest BCUT2D eigenvalue weighted by Gasteiger charge is 2.20. The second kappa shape index (κ2) is 8.00. The Morgan fingerprint density at radius 1 is 1.08 bits per heavy atom. The van der Waals surface area contributed by atoms with Crippen molar-refractivity contribution in [3.63, 3.8) is 0 Å². The molecule has 1 heterocycles. The van der Waals surface area contributed by atoms with E-state index in [2.05, 4.69) is 27.6 Å². The zero-order valence-corrected chi connectivity index (χ0v) is 15.5. The van der Waals surface area contributed by atoms with Gasteiger partial charge in [0.05, 0.1) is 11.7 Å². The Hall–Kier alpha value is -2.88. The van der Waals surface area contributed by atoms with Crippen LogP contribution < -0.4 is 5.32 Å². The van der Waals surface area contributed by atoms with Gasteiger partial charge in [-0.2, -0.15) is 5.10 Å². The lowest BCUT2D eigenvalue weighted by Gasteiger charge is -2.21. The quantitative estimate of drug-likeness (QED) is 0.577. The van der Waals surface area contributed by atoms with Crippen molar-refractivity contribution in [1.82, 2.24) is 10.2 Å². The molecule has 0 aliphatic carbocycles. The summed E-state index contributed by atoms with van der Waals surface area (Å²) in [5.74, 6) is 0.195. The molecule has 1 aromatic heterocycles. The lowest BCUT2D eigenvalue weighted by molar-refractivity contribution is 0.0982. The molecular formula is C22H25N3O. The van der Waals surface area contributed by atoms with Crippen molar-refractivity contribution in [2.24, 2.45) is 0 Å². The van der Waals surface area contributed by atoms with Gasteiger partial charge < -0.3 is 5.32 Å². The fraction of sp³-hybridized carbons (Fsp3) is 0.273. The molecule has 0 aliphatic heterocycles. The van der Waals surface area contributed by atoms with Crippen LogP contribution >= 0.6 is 0 Å². The number of carbonyl (C=O) groups excluding carboxylic acids is 1. The normalized spacial score (nSPS) is 12.0. The van der Waals surface area contributed by atoms with Gasteiger partial charge in [-0.3, -0.25) is 9.89 Å². The largest absolute Gasteiger partial charge is 0.374 e. The second-order valence-electron chi connectivity index (χ2n) is 6.59. The number of carbonyl (C=O) groups is 1. The van der Waals surface area contributed by atoms with E-state index in [4.69, 9.17) is 0 Å². The summed E-state index contributed by atoms with van der Waals surface area (Å²) in [6.07, 6.45) is 1.46. The van der Waals surface area contributed by atoms with Crippen molar-refractivity contribution in [2.75, 3.05) is 5.32 Å². The smallest absolute Gasteiger partial charge is 0.162 e. The van der Waals surface area contributed by atoms with Crippen LogP contribution in [0.15, 0.2) is 54.6 Å². The summed E-state index contributed by atoms with van der Waals surface area (Å²) in [7, 11) is 0. The number of hydrogen-bond acceptors (Lipinski definition) is 3. The summed E-state index contributed by atoms with van der Waals surface area (Å²) in [4.78, 5) is 12.0. The molecular weight excluding hydrogens is 322 g/mol. The summed E-state index contributed by atoms with van der Waals surface area (Å²) in [5, 5.41) is 11.0. The molecule has 1 unspecified atom stereocenters. The molecule has 3 aromatic rings. The molecule has 0 saturated carbocycles. The molecule has 0 radical (unpaired) electrons. The monoisotopic (exact) mass is 347 g/mol. The number of aromatic amines is 1. The number of Topliss-reactive ketones (excluding diaryl/α,β-unsaturated/α-hetero) is 1. The highest BCUT2D eigenvalue weighted by Crippen LogP contribution is 2.30. The number of aromatic nitrogens is 2. The van der Waals surface area contributed by atoms with Crippen molar-refractivity contribution in [1.29, 1.82) is 0 Å². The Bertz CT molecular complexity index is 847. The summed E-state index contributed by atoms with van der Waals surface area (Å²) in [5.41, 5.74) is 6.11. The number of H-pyrrole nitrogens is 1. The molecule has 0 saturated heterocycles. The summed E-state index contributed by atoms with van der Waals surface area (Å²) < 4.78 is 0. The molecule has 1 atom stereocenters. The first-order valence-corrected chi connectivity index (χ1v) is 9.06. The Morgan fingerprint density at radius 2 is 1.77 bits per heavy atom. The topological polar surface area (TPSA) is 57.8 Å². The number of nitrogens with zero attached hydrogens (tertiary/aromatic N) is 1. The fourth-order valence-corrected chi connectivity index (χ4v) is 3.24. The zero-order valence-electron chi connectivity index (χ0n) is 15.5. The highest BCUT2D eigenvalue weighted by atomic mass is 16.1. The van der Waals surface area contributed by atoms with Crippen LogP contribution in [0.25, 0.3) is 0 Å². The van der Waals surface area contributed by atoms with Crippen molar-refractivity contribution < 1.29 is 4.79 Å². The molecule has 2 aromatic carbocycles. The van der Waals surface area contributed by atoms with Gasteiger partial charge in [0.25, 0.3) is 0 Å². The number of anilines is 1. The predicted octanol–water partition coefficient (Wildman–Crippen LogP) is 5.21. The molecule has 0 spiro atoms. The van der Waals surface area contributed by atoms with Crippen LogP contribution in [0.3, 0.4) is 0 Å². The molecule has 26 heavy (non-hydrogen) atoms. The van der Waals surface area contributed by atoms with Crippen molar-refractivity contribution in [3.05, 3.63) is 82.7 Å². The van der Waals surface area contributed by atoms with E-state index in [1.807, 2.05) is 63.2 Å². The van der Waals surface area contributed by atoms with Crippen LogP contribution in [-0.2, 0) is 0 Å². The first-order valence-electron chi connectivity index (χ1n) is 9.06. The number of benzene rings is 2. The summed E-state index contributed by atoms with van der Waals surface area (Å²) in [6, 6.07) is 18.1. The standard InChI is InChI=1S/C22H25N3O/c1-4-8-20(26)17-11-13-19(14-12-17)23-22(18-9-6-5-7-10-18)21-15(2)24-25-16(21)3/h5-7,9-14,22-23H,4,8H2,1-3H3,(H,24,25). The Morgan fingerprint density at radius 3 is 2.35 bits per heavy atom. The minimum absolute atomic E-state index is 0.00727. The molecule has 0 bridgehead atoms. The number of nitrogens with one attached hydrogen (secondary N) is 2. The van der Waals surface area contributed by atoms with Crippen LogP contribution in [0, 0.1) is 13.8 Å². The van der Waals surface area contributed by atoms with Gasteiger partial charge in [0.15, 0.2) is 5.78 Å². The van der Waals surface area contributed by atoms with E-state index in [9.17, 15) is 4.79 Å². The molecule has 4 heteroatoms. The van der Waals surface area contributed by atoms with Gasteiger partial charge in [0, 0.05) is 28.9 Å². The maximum absolute atomic E-state index is 12.0. The van der Waals surface area contributed by atoms with E-state index in [0.29, 0.717) is 6.42 Å². The minimum Gasteiger partial charge on any atom is -0.374 e. The van der Waals surface area contributed by atoms with E-state index in [1.54, 1.807) is 0 Å². The van der Waals surface area contributed by atoms with Crippen molar-refractivity contribution in [2.45, 2.75) is 39.7 Å². The molecule has 3 rings (SSSR count). The summed E-state index contributed by atoms with van der Waals surface area (Å²) >= 11 is 0. The molecule has 0 amide bonds. The molecule has 4 nitrogen and oxygen atoms in total. The number of aryl methyl sites for hydroxylation is 2. The maximum atomic E-state index is 12.0. The third-order valence-electron chi connectivity index (χ3n) is 4.60. The van der Waals surface area contributed by atoms with Gasteiger partial charge in [-0.15, -0.1) is 0 Å². The van der Waals surface area contributed by atoms with E-state index in [-0.39, 0.29) is 11.8 Å². The van der Waals surface area contributed by atoms with Crippen LogP contribution in [-0.4, -0.2) is 16.0 Å². The SMILES string of the molecule is CCCC(=O)c1ccc(NC(c2ccccc2)c2c(C)n[nH]c2C)cc1. The maximum Gasteiger partial charge on any atom is 0.162 e. The van der Waals surface area contributed by atoms with Crippen LogP contribution in [0.4, 0.5) is 5.69 Å². The van der Waals surface area contributed by atoms with Crippen molar-refractivity contribution >= 4 is 11.5 Å². The first kappa shape index (κ1) is 17.9. The summed E-state index contributed by atoms with van der Waals surface area (Å²) in [6.45, 7) is 6.08. The average Bonchev–Trinajstić information content (AvgIpc) is 2.99. The predicted molar refractivity (Wildman–Crippen MR) is 106 cm³/mol. The highest BCUT2D eigenvalue weighted by molar-refractivity contribution is 5.96. The van der Waals surface area contributed by atoms with Crippen LogP contribution in [0.5, 0.6) is 0 Å². The lowest BCUT2D eigenvalue weighted by Crippen LogP contribution is -2.14.